The van der Waals surface area contributed by atoms with E-state index in [9.17, 15) is 4.79 Å². The van der Waals surface area contributed by atoms with Crippen molar-refractivity contribution in [2.75, 3.05) is 6.54 Å². The van der Waals surface area contributed by atoms with Gasteiger partial charge in [0, 0.05) is 11.4 Å². The second kappa shape index (κ2) is 8.34. The van der Waals surface area contributed by atoms with Gasteiger partial charge < -0.3 is 5.32 Å². The third-order valence-electron chi connectivity index (χ3n) is 2.11. The average molecular weight is 241 g/mol. The molecule has 0 aliphatic rings. The zero-order valence-corrected chi connectivity index (χ0v) is 11.8. The lowest BCUT2D eigenvalue weighted by Crippen LogP contribution is -2.25. The van der Waals surface area contributed by atoms with Crippen LogP contribution in [0.5, 0.6) is 0 Å². The standard InChI is InChI=1S/C11H17NOS.C2H6/c1-8(2)4-6-12-11(13)10-5-7-14-9(10)3;1-2/h5,7-8H,4,6H2,1-3H3,(H,12,13);1-2H3. The first-order valence-electron chi connectivity index (χ1n) is 5.93. The van der Waals surface area contributed by atoms with E-state index in [1.54, 1.807) is 11.3 Å². The van der Waals surface area contributed by atoms with Gasteiger partial charge in [0.25, 0.3) is 5.91 Å². The van der Waals surface area contributed by atoms with Crippen LogP contribution in [0.25, 0.3) is 0 Å². The summed E-state index contributed by atoms with van der Waals surface area (Å²) in [6, 6.07) is 1.88. The summed E-state index contributed by atoms with van der Waals surface area (Å²) in [5, 5.41) is 4.88. The average Bonchev–Trinajstić information content (AvgIpc) is 2.67. The summed E-state index contributed by atoms with van der Waals surface area (Å²) >= 11 is 1.61. The highest BCUT2D eigenvalue weighted by Crippen LogP contribution is 2.14. The molecule has 1 rings (SSSR count). The smallest absolute Gasteiger partial charge is 0.252 e. The van der Waals surface area contributed by atoms with Crippen molar-refractivity contribution < 1.29 is 4.79 Å². The molecule has 0 aromatic carbocycles. The second-order valence-electron chi connectivity index (χ2n) is 3.83. The van der Waals surface area contributed by atoms with Gasteiger partial charge in [-0.05, 0) is 30.7 Å². The number of hydrogen-bond acceptors (Lipinski definition) is 2. The van der Waals surface area contributed by atoms with Gasteiger partial charge in [0.1, 0.15) is 0 Å². The lowest BCUT2D eigenvalue weighted by Gasteiger charge is -2.06. The molecule has 0 fully saturated rings. The maximum Gasteiger partial charge on any atom is 0.252 e. The van der Waals surface area contributed by atoms with Crippen LogP contribution in [0.15, 0.2) is 11.4 Å². The first-order valence-corrected chi connectivity index (χ1v) is 6.81. The molecule has 2 nitrogen and oxygen atoms in total. The number of amides is 1. The SMILES string of the molecule is CC.Cc1sccc1C(=O)NCCC(C)C. The maximum atomic E-state index is 11.6. The van der Waals surface area contributed by atoms with Crippen LogP contribution < -0.4 is 5.32 Å². The van der Waals surface area contributed by atoms with E-state index in [1.165, 1.54) is 0 Å². The van der Waals surface area contributed by atoms with Crippen LogP contribution in [0.1, 0.15) is 49.4 Å². The number of hydrogen-bond donors (Lipinski definition) is 1. The molecule has 0 saturated heterocycles. The van der Waals surface area contributed by atoms with Crippen molar-refractivity contribution in [2.45, 2.75) is 41.0 Å². The van der Waals surface area contributed by atoms with Crippen LogP contribution in [0.2, 0.25) is 0 Å². The minimum Gasteiger partial charge on any atom is -0.352 e. The lowest BCUT2D eigenvalue weighted by molar-refractivity contribution is 0.0952. The molecule has 1 aromatic heterocycles. The summed E-state index contributed by atoms with van der Waals surface area (Å²) in [6.45, 7) is 11.1. The molecule has 0 aliphatic carbocycles. The van der Waals surface area contributed by atoms with Gasteiger partial charge in [-0.3, -0.25) is 4.79 Å². The molecule has 1 heterocycles. The largest absolute Gasteiger partial charge is 0.352 e. The van der Waals surface area contributed by atoms with Crippen molar-refractivity contribution in [3.05, 3.63) is 21.9 Å². The zero-order chi connectivity index (χ0) is 12.6. The molecule has 0 unspecified atom stereocenters. The zero-order valence-electron chi connectivity index (χ0n) is 11.0. The van der Waals surface area contributed by atoms with Crippen molar-refractivity contribution in [2.24, 2.45) is 5.92 Å². The minimum absolute atomic E-state index is 0.0596. The summed E-state index contributed by atoms with van der Waals surface area (Å²) in [6.07, 6.45) is 1.04. The number of nitrogens with one attached hydrogen (secondary N) is 1. The monoisotopic (exact) mass is 241 g/mol. The Bertz CT molecular complexity index is 305. The van der Waals surface area contributed by atoms with E-state index in [0.29, 0.717) is 5.92 Å². The van der Waals surface area contributed by atoms with Gasteiger partial charge in [0.2, 0.25) is 0 Å². The van der Waals surface area contributed by atoms with Crippen molar-refractivity contribution in [1.82, 2.24) is 5.32 Å². The number of aryl methyl sites for hydroxylation is 1. The molecule has 1 amide bonds. The fourth-order valence-corrected chi connectivity index (χ4v) is 1.89. The molecular formula is C13H23NOS. The third-order valence-corrected chi connectivity index (χ3v) is 2.96. The fourth-order valence-electron chi connectivity index (χ4n) is 1.19. The first kappa shape index (κ1) is 15.2. The lowest BCUT2D eigenvalue weighted by atomic mass is 10.1. The Morgan fingerprint density at radius 1 is 1.44 bits per heavy atom. The summed E-state index contributed by atoms with van der Waals surface area (Å²) in [5.74, 6) is 0.697. The molecule has 0 spiro atoms. The van der Waals surface area contributed by atoms with E-state index in [4.69, 9.17) is 0 Å². The Labute approximate surface area is 103 Å². The summed E-state index contributed by atoms with van der Waals surface area (Å²) in [4.78, 5) is 12.7. The molecule has 92 valence electrons. The molecule has 0 bridgehead atoms. The van der Waals surface area contributed by atoms with Crippen LogP contribution in [0.3, 0.4) is 0 Å². The van der Waals surface area contributed by atoms with E-state index in [1.807, 2.05) is 32.2 Å². The highest BCUT2D eigenvalue weighted by Gasteiger charge is 2.08. The predicted molar refractivity (Wildman–Crippen MR) is 72.2 cm³/mol. The Hall–Kier alpha value is -0.830. The quantitative estimate of drug-likeness (QED) is 0.852. The van der Waals surface area contributed by atoms with Crippen molar-refractivity contribution in [1.29, 1.82) is 0 Å². The molecule has 0 saturated carbocycles. The highest BCUT2D eigenvalue weighted by molar-refractivity contribution is 7.10. The molecule has 3 heteroatoms. The summed E-state index contributed by atoms with van der Waals surface area (Å²) in [5.41, 5.74) is 0.818. The second-order valence-corrected chi connectivity index (χ2v) is 4.95. The van der Waals surface area contributed by atoms with Crippen LogP contribution in [-0.4, -0.2) is 12.5 Å². The third kappa shape index (κ3) is 5.31. The Morgan fingerprint density at radius 3 is 2.50 bits per heavy atom. The fraction of sp³-hybridized carbons (Fsp3) is 0.615. The molecule has 0 atom stereocenters. The van der Waals surface area contributed by atoms with E-state index in [0.717, 1.165) is 23.4 Å². The van der Waals surface area contributed by atoms with E-state index >= 15 is 0 Å². The molecule has 16 heavy (non-hydrogen) atoms. The van der Waals surface area contributed by atoms with Crippen LogP contribution in [0.4, 0.5) is 0 Å². The Morgan fingerprint density at radius 2 is 2.06 bits per heavy atom. The maximum absolute atomic E-state index is 11.6. The first-order chi connectivity index (χ1) is 7.61. The van der Waals surface area contributed by atoms with Gasteiger partial charge in [-0.25, -0.2) is 0 Å². The van der Waals surface area contributed by atoms with E-state index < -0.39 is 0 Å². The van der Waals surface area contributed by atoms with Crippen molar-refractivity contribution in [3.8, 4) is 0 Å². The topological polar surface area (TPSA) is 29.1 Å². The molecule has 1 N–H and O–H groups in total. The number of carbonyl (C=O) groups excluding carboxylic acids is 1. The molecule has 1 aromatic rings. The number of rotatable bonds is 4. The van der Waals surface area contributed by atoms with Crippen molar-refractivity contribution in [3.63, 3.8) is 0 Å². The van der Waals surface area contributed by atoms with E-state index in [-0.39, 0.29) is 5.91 Å². The van der Waals surface area contributed by atoms with Gasteiger partial charge in [0.15, 0.2) is 0 Å². The van der Waals surface area contributed by atoms with Gasteiger partial charge in [-0.1, -0.05) is 27.7 Å². The summed E-state index contributed by atoms with van der Waals surface area (Å²) in [7, 11) is 0. The minimum atomic E-state index is 0.0596. The van der Waals surface area contributed by atoms with Gasteiger partial charge in [-0.2, -0.15) is 0 Å². The highest BCUT2D eigenvalue weighted by atomic mass is 32.1. The molecular weight excluding hydrogens is 218 g/mol. The normalized spacial score (nSPS) is 9.62. The van der Waals surface area contributed by atoms with E-state index in [2.05, 4.69) is 19.2 Å². The molecule has 0 aliphatic heterocycles. The summed E-state index contributed by atoms with van der Waals surface area (Å²) < 4.78 is 0. The van der Waals surface area contributed by atoms with Crippen LogP contribution in [0, 0.1) is 12.8 Å². The van der Waals surface area contributed by atoms with Crippen molar-refractivity contribution >= 4 is 17.2 Å². The Balaban J connectivity index is 0.00000106. The van der Waals surface area contributed by atoms with Gasteiger partial charge in [0.05, 0.1) is 5.56 Å². The predicted octanol–water partition coefficient (Wildman–Crippen LogP) is 3.86. The number of thiophene rings is 1. The van der Waals surface area contributed by atoms with Gasteiger partial charge in [-0.15, -0.1) is 11.3 Å². The van der Waals surface area contributed by atoms with Crippen LogP contribution >= 0.6 is 11.3 Å². The Kier molecular flexibility index (Phi) is 7.90. The van der Waals surface area contributed by atoms with Gasteiger partial charge >= 0.3 is 0 Å². The van der Waals surface area contributed by atoms with Crippen LogP contribution in [-0.2, 0) is 0 Å². The number of carbonyl (C=O) groups is 1. The molecule has 0 radical (unpaired) electrons.